The van der Waals surface area contributed by atoms with Crippen LogP contribution in [0.25, 0.3) is 16.7 Å². The van der Waals surface area contributed by atoms with Crippen molar-refractivity contribution in [3.05, 3.63) is 47.8 Å². The first kappa shape index (κ1) is 14.7. The van der Waals surface area contributed by atoms with E-state index in [1.54, 1.807) is 4.68 Å². The van der Waals surface area contributed by atoms with E-state index in [9.17, 15) is 0 Å². The molecule has 22 heavy (non-hydrogen) atoms. The zero-order valence-corrected chi connectivity index (χ0v) is 13.8. The minimum absolute atomic E-state index is 0.144. The summed E-state index contributed by atoms with van der Waals surface area (Å²) in [6.07, 6.45) is 1.95. The van der Waals surface area contributed by atoms with E-state index in [0.717, 1.165) is 22.4 Å². The third kappa shape index (κ3) is 2.73. The van der Waals surface area contributed by atoms with Crippen molar-refractivity contribution in [3.63, 3.8) is 0 Å². The number of hydrogen-bond donors (Lipinski definition) is 0. The molecule has 0 spiro atoms. The number of pyridine rings is 1. The third-order valence-corrected chi connectivity index (χ3v) is 3.88. The highest BCUT2D eigenvalue weighted by atomic mass is 15.4. The molecule has 0 aliphatic rings. The van der Waals surface area contributed by atoms with Crippen LogP contribution in [0.1, 0.15) is 51.8 Å². The molecule has 1 aromatic carbocycles. The van der Waals surface area contributed by atoms with E-state index in [1.165, 1.54) is 5.56 Å². The van der Waals surface area contributed by atoms with Gasteiger partial charge in [0.2, 0.25) is 0 Å². The molecule has 4 nitrogen and oxygen atoms in total. The molecule has 0 aliphatic carbocycles. The van der Waals surface area contributed by atoms with Gasteiger partial charge in [-0.15, -0.1) is 5.10 Å². The van der Waals surface area contributed by atoms with Crippen LogP contribution in [0.2, 0.25) is 0 Å². The lowest BCUT2D eigenvalue weighted by Crippen LogP contribution is -2.10. The van der Waals surface area contributed by atoms with E-state index in [2.05, 4.69) is 69.2 Å². The van der Waals surface area contributed by atoms with Gasteiger partial charge in [-0.25, -0.2) is 9.67 Å². The minimum atomic E-state index is 0.144. The van der Waals surface area contributed by atoms with E-state index in [-0.39, 0.29) is 5.41 Å². The lowest BCUT2D eigenvalue weighted by molar-refractivity contribution is 0.591. The molecule has 0 unspecified atom stereocenters. The number of rotatable bonds is 2. The second-order valence-electron chi connectivity index (χ2n) is 7.07. The first-order valence-corrected chi connectivity index (χ1v) is 7.68. The summed E-state index contributed by atoms with van der Waals surface area (Å²) in [5.74, 6) is 1.17. The van der Waals surface area contributed by atoms with Gasteiger partial charge in [-0.1, -0.05) is 45.9 Å². The van der Waals surface area contributed by atoms with Crippen molar-refractivity contribution in [2.75, 3.05) is 0 Å². The highest BCUT2D eigenvalue weighted by Gasteiger charge is 2.14. The Hall–Kier alpha value is -2.23. The molecule has 0 aliphatic heterocycles. The van der Waals surface area contributed by atoms with Gasteiger partial charge in [-0.2, -0.15) is 0 Å². The first-order valence-electron chi connectivity index (χ1n) is 7.68. The molecule has 0 bridgehead atoms. The molecule has 0 saturated carbocycles. The predicted molar refractivity (Wildman–Crippen MR) is 89.4 cm³/mol. The number of aromatic nitrogens is 4. The average molecular weight is 294 g/mol. The van der Waals surface area contributed by atoms with Gasteiger partial charge in [-0.3, -0.25) is 0 Å². The van der Waals surface area contributed by atoms with Crippen LogP contribution in [0.15, 0.2) is 36.5 Å². The van der Waals surface area contributed by atoms with Crippen LogP contribution in [0.4, 0.5) is 0 Å². The van der Waals surface area contributed by atoms with Gasteiger partial charge in [0.1, 0.15) is 0 Å². The largest absolute Gasteiger partial charge is 0.229 e. The SMILES string of the molecule is CC(C)c1cn(-c2ccc3cc(C(C)(C)C)ccc3n2)nn1. The van der Waals surface area contributed by atoms with Gasteiger partial charge in [0.05, 0.1) is 17.4 Å². The molecule has 2 aromatic heterocycles. The van der Waals surface area contributed by atoms with Crippen LogP contribution >= 0.6 is 0 Å². The molecule has 0 atom stereocenters. The van der Waals surface area contributed by atoms with Crippen LogP contribution in [-0.4, -0.2) is 20.0 Å². The molecule has 0 saturated heterocycles. The van der Waals surface area contributed by atoms with E-state index >= 15 is 0 Å². The van der Waals surface area contributed by atoms with Crippen LogP contribution in [0.5, 0.6) is 0 Å². The average Bonchev–Trinajstić information content (AvgIpc) is 2.95. The minimum Gasteiger partial charge on any atom is -0.229 e. The van der Waals surface area contributed by atoms with E-state index in [0.29, 0.717) is 5.92 Å². The highest BCUT2D eigenvalue weighted by molar-refractivity contribution is 5.80. The summed E-state index contributed by atoms with van der Waals surface area (Å²) in [7, 11) is 0. The maximum absolute atomic E-state index is 4.70. The molecular weight excluding hydrogens is 272 g/mol. The molecule has 0 fully saturated rings. The number of hydrogen-bond acceptors (Lipinski definition) is 3. The Kier molecular flexibility index (Phi) is 3.47. The smallest absolute Gasteiger partial charge is 0.155 e. The van der Waals surface area contributed by atoms with Gasteiger partial charge < -0.3 is 0 Å². The van der Waals surface area contributed by atoms with E-state index in [4.69, 9.17) is 4.98 Å². The molecule has 3 rings (SSSR count). The molecular formula is C18H22N4. The monoisotopic (exact) mass is 294 g/mol. The van der Waals surface area contributed by atoms with E-state index in [1.807, 2.05) is 12.3 Å². The van der Waals surface area contributed by atoms with Crippen molar-refractivity contribution in [1.82, 2.24) is 20.0 Å². The summed E-state index contributed by atoms with van der Waals surface area (Å²) < 4.78 is 1.74. The standard InChI is InChI=1S/C18H22N4/c1-12(2)16-11-22(21-20-16)17-9-6-13-10-14(18(3,4)5)7-8-15(13)19-17/h6-12H,1-5H3. The normalized spacial score (nSPS) is 12.3. The summed E-state index contributed by atoms with van der Waals surface area (Å²) in [5.41, 5.74) is 3.42. The molecule has 0 amide bonds. The maximum Gasteiger partial charge on any atom is 0.155 e. The Morgan fingerprint density at radius 3 is 2.45 bits per heavy atom. The second kappa shape index (κ2) is 5.20. The van der Waals surface area contributed by atoms with Crippen molar-refractivity contribution in [3.8, 4) is 5.82 Å². The highest BCUT2D eigenvalue weighted by Crippen LogP contribution is 2.26. The van der Waals surface area contributed by atoms with Gasteiger partial charge >= 0.3 is 0 Å². The summed E-state index contributed by atoms with van der Waals surface area (Å²) in [4.78, 5) is 4.70. The Morgan fingerprint density at radius 1 is 1.05 bits per heavy atom. The van der Waals surface area contributed by atoms with Gasteiger partial charge in [0, 0.05) is 5.39 Å². The van der Waals surface area contributed by atoms with Crippen molar-refractivity contribution in [2.24, 2.45) is 0 Å². The van der Waals surface area contributed by atoms with E-state index < -0.39 is 0 Å². The fraction of sp³-hybridized carbons (Fsp3) is 0.389. The summed E-state index contributed by atoms with van der Waals surface area (Å²) >= 11 is 0. The molecule has 114 valence electrons. The summed E-state index contributed by atoms with van der Waals surface area (Å²) in [6, 6.07) is 10.5. The van der Waals surface area contributed by atoms with Gasteiger partial charge in [0.25, 0.3) is 0 Å². The first-order chi connectivity index (χ1) is 10.3. The molecule has 0 N–H and O–H groups in total. The van der Waals surface area contributed by atoms with Crippen LogP contribution in [0, 0.1) is 0 Å². The molecule has 2 heterocycles. The summed E-state index contributed by atoms with van der Waals surface area (Å²) in [5, 5.41) is 9.52. The van der Waals surface area contributed by atoms with Gasteiger partial charge in [0.15, 0.2) is 5.82 Å². The topological polar surface area (TPSA) is 43.6 Å². The van der Waals surface area contributed by atoms with Crippen molar-refractivity contribution in [1.29, 1.82) is 0 Å². The number of nitrogens with zero attached hydrogens (tertiary/aromatic N) is 4. The quantitative estimate of drug-likeness (QED) is 0.710. The van der Waals surface area contributed by atoms with Crippen molar-refractivity contribution in [2.45, 2.75) is 46.0 Å². The van der Waals surface area contributed by atoms with Crippen molar-refractivity contribution < 1.29 is 0 Å². The van der Waals surface area contributed by atoms with Crippen LogP contribution in [-0.2, 0) is 5.41 Å². The predicted octanol–water partition coefficient (Wildman–Crippen LogP) is 4.24. The van der Waals surface area contributed by atoms with Gasteiger partial charge in [-0.05, 0) is 41.2 Å². The number of benzene rings is 1. The molecule has 3 aromatic rings. The molecule has 0 radical (unpaired) electrons. The Labute approximate surface area is 131 Å². The zero-order valence-electron chi connectivity index (χ0n) is 13.8. The lowest BCUT2D eigenvalue weighted by Gasteiger charge is -2.19. The Balaban J connectivity index is 2.02. The fourth-order valence-corrected chi connectivity index (χ4v) is 2.36. The van der Waals surface area contributed by atoms with Crippen LogP contribution < -0.4 is 0 Å². The Bertz CT molecular complexity index is 809. The fourth-order valence-electron chi connectivity index (χ4n) is 2.36. The third-order valence-electron chi connectivity index (χ3n) is 3.88. The summed E-state index contributed by atoms with van der Waals surface area (Å²) in [6.45, 7) is 10.9. The van der Waals surface area contributed by atoms with Crippen LogP contribution in [0.3, 0.4) is 0 Å². The lowest BCUT2D eigenvalue weighted by atomic mass is 9.86. The number of fused-ring (bicyclic) bond motifs is 1. The zero-order chi connectivity index (χ0) is 15.9. The maximum atomic E-state index is 4.70. The Morgan fingerprint density at radius 2 is 1.82 bits per heavy atom. The molecule has 4 heteroatoms. The second-order valence-corrected chi connectivity index (χ2v) is 7.07. The van der Waals surface area contributed by atoms with Crippen molar-refractivity contribution >= 4 is 10.9 Å².